The van der Waals surface area contributed by atoms with Gasteiger partial charge in [0, 0.05) is 531 Å². The summed E-state index contributed by atoms with van der Waals surface area (Å²) in [5.74, 6) is 0. The Balaban J connectivity index is 0.00000143. The van der Waals surface area contributed by atoms with Crippen LogP contribution in [0, 0.1) is 0 Å². The van der Waals surface area contributed by atoms with E-state index >= 15 is 0 Å². The molecule has 0 fully saturated rings. The minimum atomic E-state index is 0.000648. The first-order valence-corrected chi connectivity index (χ1v) is 91.1. The highest BCUT2D eigenvalue weighted by Crippen LogP contribution is 2.49. The first kappa shape index (κ1) is 83.6. The summed E-state index contributed by atoms with van der Waals surface area (Å²) in [5.41, 5.74) is 15.7. The number of nitrogens with zero attached hydrogens (tertiary/aromatic N) is 1. The van der Waals surface area contributed by atoms with Crippen molar-refractivity contribution in [2.45, 2.75) is 38.8 Å². The maximum absolute atomic E-state index is 5.90. The second-order valence-corrected chi connectivity index (χ2v) is 109. The average Bonchev–Trinajstić information content (AvgIpc) is 3.51. The van der Waals surface area contributed by atoms with Gasteiger partial charge in [-0.15, -0.1) is 0 Å². The van der Waals surface area contributed by atoms with Crippen molar-refractivity contribution in [2.75, 3.05) is 18.5 Å². The normalized spacial score (nSPS) is 10.9. The van der Waals surface area contributed by atoms with Crippen molar-refractivity contribution >= 4 is 531 Å². The molecule has 1 aliphatic rings. The van der Waals surface area contributed by atoms with Crippen molar-refractivity contribution in [3.05, 3.63) is 23.3 Å². The predicted octanol–water partition coefficient (Wildman–Crippen LogP) is 2.13. The first-order valence-electron chi connectivity index (χ1n) is 15.1. The van der Waals surface area contributed by atoms with E-state index in [0.717, 1.165) is 0 Å². The molecule has 61 heteroatoms. The van der Waals surface area contributed by atoms with Gasteiger partial charge in [0.05, 0.1) is 11.4 Å². The van der Waals surface area contributed by atoms with Crippen LogP contribution in [0.5, 0.6) is 0 Å². The molecule has 74 heavy (non-hydrogen) atoms. The fourth-order valence-electron chi connectivity index (χ4n) is 3.32. The molecule has 0 amide bonds. The lowest BCUT2D eigenvalue weighted by Gasteiger charge is -2.37. The lowest BCUT2D eigenvalue weighted by molar-refractivity contribution is 0.0730. The molecule has 1 aliphatic heterocycles. The summed E-state index contributed by atoms with van der Waals surface area (Å²) in [6, 6.07) is 4.05. The van der Waals surface area contributed by atoms with Crippen molar-refractivity contribution < 1.29 is 0 Å². The van der Waals surface area contributed by atoms with E-state index in [9.17, 15) is 0 Å². The zero-order chi connectivity index (χ0) is 53.9. The number of nitrogens with two attached hydrogens (primary N) is 2. The van der Waals surface area contributed by atoms with Crippen LogP contribution in [-0.4, -0.2) is 11.9 Å². The average molecular weight is 2080 g/mol. The molecule has 436 valence electrons. The van der Waals surface area contributed by atoms with Gasteiger partial charge < -0.3 is 11.5 Å². The number of hydrogen-bond donors (Lipinski definition) is 2. The van der Waals surface area contributed by atoms with Crippen LogP contribution in [0.2, 0.25) is 0 Å². The van der Waals surface area contributed by atoms with Crippen molar-refractivity contribution in [1.82, 2.24) is 4.90 Å². The summed E-state index contributed by atoms with van der Waals surface area (Å²) in [6.45, 7) is 8.87. The van der Waals surface area contributed by atoms with E-state index in [4.69, 9.17) is 33.8 Å². The molecular weight excluding hydrogens is 2060 g/mol. The third-order valence-electron chi connectivity index (χ3n) is 5.75. The highest BCUT2D eigenvalue weighted by Gasteiger charge is 2.46. The molecule has 0 spiro atoms. The van der Waals surface area contributed by atoms with Crippen LogP contribution in [-0.2, 0) is 531 Å². The standard InChI is InChI=1S/C13H21N3.S58/c1-12(2)8-6-10(14)11(15)7-9(8)13(3,4)16(12)5;1-3-5-7-9-11-13-15-17-19-21-23-25-27-29-31-33-35-37-39-41-43-45-47-49-51-53-55-57-58-56-54-52-50-48-46-44-42-40-38-36-34-32-30-28-26-24-22-20-18-16-14-12-10-8-6-4-2/h6-7H,14-15H2,1-5H3;. The SMILES string of the molecule is CN1C(C)(C)c2cc(N)c(N)cc2C1(C)C.S=S=S=S=S=S=S=S=S=S=S=S=S=S=S=S=S=S=S=S=S=S=S=S=S=S=S=S=S=S=S=S=S=S=S=S=S=S=S=S=S=S=S=S=S=S=S=S=S=S=S=S=S=S=S=S=S=S. The molecule has 0 unspecified atom stereocenters. The van der Waals surface area contributed by atoms with Gasteiger partial charge in [-0.05, 0) is 58.0 Å². The van der Waals surface area contributed by atoms with Crippen molar-refractivity contribution in [2.24, 2.45) is 0 Å². The van der Waals surface area contributed by atoms with Gasteiger partial charge in [-0.3, -0.25) is 4.90 Å². The maximum atomic E-state index is 5.90. The van der Waals surface area contributed by atoms with E-state index in [1.807, 2.05) is 385 Å². The lowest BCUT2D eigenvalue weighted by Crippen LogP contribution is -2.42. The van der Waals surface area contributed by atoms with Crippen LogP contribution in [0.1, 0.15) is 38.8 Å². The molecule has 1 heterocycles. The Labute approximate surface area is 600 Å². The number of anilines is 2. The zero-order valence-corrected chi connectivity index (χ0v) is 81.8. The zero-order valence-electron chi connectivity index (χ0n) is 34.4. The van der Waals surface area contributed by atoms with Crippen molar-refractivity contribution in [3.63, 3.8) is 0 Å². The summed E-state index contributed by atoms with van der Waals surface area (Å²) < 4.78 is 0. The van der Waals surface area contributed by atoms with Crippen LogP contribution in [0.15, 0.2) is 12.1 Å². The number of hydrogen-bond acceptors (Lipinski definition) is 5. The largest absolute Gasteiger partial charge is 0.397 e. The van der Waals surface area contributed by atoms with E-state index in [0.29, 0.717) is 11.4 Å². The van der Waals surface area contributed by atoms with Gasteiger partial charge in [0.25, 0.3) is 0 Å². The Morgan fingerprint density at radius 3 is 0.473 bits per heavy atom. The fourth-order valence-corrected chi connectivity index (χ4v) is 152. The molecule has 0 saturated heterocycles. The Morgan fingerprint density at radius 2 is 0.365 bits per heavy atom. The van der Waals surface area contributed by atoms with Crippen molar-refractivity contribution in [3.8, 4) is 0 Å². The minimum absolute atomic E-state index is 0.000648. The van der Waals surface area contributed by atoms with E-state index < -0.39 is 0 Å². The summed E-state index contributed by atoms with van der Waals surface area (Å²) in [5, 5.41) is 0. The Hall–Kier alpha value is 11.5. The fraction of sp³-hybridized carbons (Fsp3) is 0.538. The molecule has 0 bridgehead atoms. The molecule has 2 rings (SSSR count). The van der Waals surface area contributed by atoms with Gasteiger partial charge in [0.2, 0.25) is 0 Å². The van der Waals surface area contributed by atoms with Gasteiger partial charge in [-0.1, -0.05) is 0 Å². The lowest BCUT2D eigenvalue weighted by atomic mass is 9.89. The predicted molar refractivity (Wildman–Crippen MR) is 496 cm³/mol. The number of nitrogen functional groups attached to an aromatic ring is 2. The summed E-state index contributed by atoms with van der Waals surface area (Å²) in [6.07, 6.45) is 0. The molecule has 0 atom stereocenters. The van der Waals surface area contributed by atoms with Crippen LogP contribution in [0.3, 0.4) is 0 Å². The highest BCUT2D eigenvalue weighted by atomic mass is 33.5. The quantitative estimate of drug-likeness (QED) is 0.391. The van der Waals surface area contributed by atoms with Crippen molar-refractivity contribution in [1.29, 1.82) is 0 Å². The van der Waals surface area contributed by atoms with E-state index in [2.05, 4.69) is 39.6 Å². The third-order valence-corrected chi connectivity index (χ3v) is 128. The second kappa shape index (κ2) is 63.3. The van der Waals surface area contributed by atoms with Crippen LogP contribution in [0.25, 0.3) is 0 Å². The van der Waals surface area contributed by atoms with Crippen LogP contribution in [0.4, 0.5) is 11.4 Å². The Kier molecular flexibility index (Phi) is 71.5. The maximum Gasteiger partial charge on any atom is 0.0551 e. The molecule has 3 nitrogen and oxygen atoms in total. The topological polar surface area (TPSA) is 55.3 Å². The minimum Gasteiger partial charge on any atom is -0.397 e. The molecule has 0 aromatic heterocycles. The molecule has 0 radical (unpaired) electrons. The second-order valence-electron chi connectivity index (χ2n) is 9.51. The smallest absolute Gasteiger partial charge is 0.0551 e. The van der Waals surface area contributed by atoms with Crippen LogP contribution >= 0.6 is 0 Å². The van der Waals surface area contributed by atoms with Crippen LogP contribution < -0.4 is 11.5 Å². The van der Waals surface area contributed by atoms with Gasteiger partial charge in [-0.2, -0.15) is 0 Å². The Bertz CT molecular complexity index is 4670. The third kappa shape index (κ3) is 50.1. The van der Waals surface area contributed by atoms with E-state index in [-0.39, 0.29) is 11.1 Å². The number of fused-ring (bicyclic) bond motifs is 1. The van der Waals surface area contributed by atoms with Gasteiger partial charge in [0.15, 0.2) is 0 Å². The Morgan fingerprint density at radius 1 is 0.257 bits per heavy atom. The molecular formula is C13H21N3S58. The summed E-state index contributed by atoms with van der Waals surface area (Å²) in [7, 11) is 103. The first-order chi connectivity index (χ1) is 36.1. The molecule has 1 aromatic carbocycles. The molecule has 1 aromatic rings. The monoisotopic (exact) mass is 2070 g/mol. The summed E-state index contributed by atoms with van der Waals surface area (Å²) in [4.78, 5) is 2.36. The summed E-state index contributed by atoms with van der Waals surface area (Å²) >= 11 is 9.63. The van der Waals surface area contributed by atoms with Gasteiger partial charge >= 0.3 is 0 Å². The molecule has 0 aliphatic carbocycles. The van der Waals surface area contributed by atoms with Gasteiger partial charge in [-0.25, -0.2) is 0 Å². The van der Waals surface area contributed by atoms with E-state index in [1.165, 1.54) is 28.9 Å². The highest BCUT2D eigenvalue weighted by molar-refractivity contribution is 8.83. The molecule has 4 N–H and O–H groups in total. The number of benzene rings is 1. The molecule has 0 saturated carbocycles. The number of rotatable bonds is 0. The van der Waals surface area contributed by atoms with Gasteiger partial charge in [0.1, 0.15) is 0 Å². The van der Waals surface area contributed by atoms with E-state index in [1.54, 1.807) is 107 Å².